The first-order valence-electron chi connectivity index (χ1n) is 0.928. The number of hydrogen-bond donors (Lipinski definition) is 1. The minimum absolute atomic E-state index is 0. The molecule has 5 N–H and O–H groups in total. The molecule has 0 aromatic rings. The summed E-state index contributed by atoms with van der Waals surface area (Å²) in [4.78, 5) is 9.00. The third-order valence-electron chi connectivity index (χ3n) is 0. The topological polar surface area (TPSA) is 100 Å². The summed E-state index contributed by atoms with van der Waals surface area (Å²) in [6.45, 7) is 1.08. The second kappa shape index (κ2) is 23.8. The van der Waals surface area contributed by atoms with Crippen molar-refractivity contribution in [3.05, 3.63) is 0 Å². The Balaban J connectivity index is -0.00000000750. The number of rotatable bonds is 0. The Morgan fingerprint density at radius 1 is 1.25 bits per heavy atom. The number of aliphatic carboxylic acids is 1. The van der Waals surface area contributed by atoms with Gasteiger partial charge in [0, 0.05) is 6.92 Å². The van der Waals surface area contributed by atoms with Gasteiger partial charge in [0.15, 0.2) is 0 Å². The van der Waals surface area contributed by atoms with E-state index in [1.807, 2.05) is 0 Å². The predicted molar refractivity (Wildman–Crippen MR) is 34.8 cm³/mol. The molecule has 6 heteroatoms. The molecule has 8 heavy (non-hydrogen) atoms. The number of carbonyl (C=O) groups is 1. The van der Waals surface area contributed by atoms with E-state index in [1.165, 1.54) is 0 Å². The van der Waals surface area contributed by atoms with Gasteiger partial charge >= 0.3 is 59.1 Å². The van der Waals surface area contributed by atoms with Crippen LogP contribution >= 0.6 is 0 Å². The molecule has 0 aliphatic rings. The molecule has 0 radical (unpaired) electrons. The van der Waals surface area contributed by atoms with Crippen molar-refractivity contribution in [2.45, 2.75) is 6.92 Å². The van der Waals surface area contributed by atoms with E-state index < -0.39 is 5.97 Å². The normalized spacial score (nSPS) is 3.12. The van der Waals surface area contributed by atoms with Crippen LogP contribution in [0.15, 0.2) is 0 Å². The molecule has 0 rings (SSSR count). The van der Waals surface area contributed by atoms with E-state index in [1.54, 1.807) is 0 Å². The van der Waals surface area contributed by atoms with E-state index in [2.05, 4.69) is 0 Å². The van der Waals surface area contributed by atoms with Crippen LogP contribution in [0.4, 0.5) is 0 Å². The molecule has 0 saturated carbocycles. The summed E-state index contributed by atoms with van der Waals surface area (Å²) in [5.74, 6) is -0.833. The number of carboxylic acid groups (broad SMARTS) is 1. The van der Waals surface area contributed by atoms with Gasteiger partial charge in [-0.3, -0.25) is 4.79 Å². The Morgan fingerprint density at radius 3 is 1.25 bits per heavy atom. The molecular formula is C2H10Na2O4. The Bertz CT molecular complexity index is 35.0. The van der Waals surface area contributed by atoms with Crippen molar-refractivity contribution in [3.8, 4) is 0 Å². The van der Waals surface area contributed by atoms with E-state index >= 15 is 0 Å². The summed E-state index contributed by atoms with van der Waals surface area (Å²) in [5, 5.41) is 7.42. The SMILES string of the molecule is CC(=O)O.O.O.[NaH].[NaH]. The minimum atomic E-state index is -0.833. The van der Waals surface area contributed by atoms with Crippen LogP contribution in [0.2, 0.25) is 0 Å². The number of hydrogen-bond acceptors (Lipinski definition) is 1. The fourth-order valence-electron chi connectivity index (χ4n) is 0. The molecule has 0 spiro atoms. The average molecular weight is 144 g/mol. The molecule has 0 heterocycles. The van der Waals surface area contributed by atoms with Crippen molar-refractivity contribution in [1.82, 2.24) is 0 Å². The molecule has 44 valence electrons. The van der Waals surface area contributed by atoms with Crippen molar-refractivity contribution in [1.29, 1.82) is 0 Å². The molecule has 0 aromatic carbocycles. The van der Waals surface area contributed by atoms with Gasteiger partial charge in [0.2, 0.25) is 0 Å². The molecule has 0 unspecified atom stereocenters. The quantitative estimate of drug-likeness (QED) is 0.370. The zero-order valence-electron chi connectivity index (χ0n) is 3.36. The second-order valence-corrected chi connectivity index (χ2v) is 0.519. The van der Waals surface area contributed by atoms with Gasteiger partial charge in [0.25, 0.3) is 5.97 Å². The van der Waals surface area contributed by atoms with Crippen LogP contribution in [0.25, 0.3) is 0 Å². The van der Waals surface area contributed by atoms with Crippen molar-refractivity contribution < 1.29 is 20.9 Å². The summed E-state index contributed by atoms with van der Waals surface area (Å²) in [5.41, 5.74) is 0. The van der Waals surface area contributed by atoms with Crippen LogP contribution in [0.3, 0.4) is 0 Å². The zero-order valence-corrected chi connectivity index (χ0v) is 3.36. The molecule has 0 aliphatic carbocycles. The van der Waals surface area contributed by atoms with Gasteiger partial charge < -0.3 is 16.1 Å². The third-order valence-corrected chi connectivity index (χ3v) is 0. The van der Waals surface area contributed by atoms with Gasteiger partial charge in [-0.15, -0.1) is 0 Å². The summed E-state index contributed by atoms with van der Waals surface area (Å²) in [6.07, 6.45) is 0. The van der Waals surface area contributed by atoms with Gasteiger partial charge in [-0.05, 0) is 0 Å². The Morgan fingerprint density at radius 2 is 1.25 bits per heavy atom. The van der Waals surface area contributed by atoms with E-state index in [9.17, 15) is 0 Å². The van der Waals surface area contributed by atoms with Crippen LogP contribution in [-0.2, 0) is 4.79 Å². The molecule has 0 atom stereocenters. The molecule has 0 aliphatic heterocycles. The molecule has 0 bridgehead atoms. The average Bonchev–Trinajstić information content (AvgIpc) is 0.811. The van der Waals surface area contributed by atoms with Crippen molar-refractivity contribution in [2.75, 3.05) is 0 Å². The van der Waals surface area contributed by atoms with E-state index in [0.717, 1.165) is 6.92 Å². The second-order valence-electron chi connectivity index (χ2n) is 0.519. The van der Waals surface area contributed by atoms with Crippen LogP contribution in [0.1, 0.15) is 6.92 Å². The van der Waals surface area contributed by atoms with Crippen LogP contribution < -0.4 is 0 Å². The van der Waals surface area contributed by atoms with E-state index in [0.29, 0.717) is 0 Å². The first kappa shape index (κ1) is 34.3. The summed E-state index contributed by atoms with van der Waals surface area (Å²) in [7, 11) is 0. The maximum atomic E-state index is 9.00. The molecular weight excluding hydrogens is 134 g/mol. The van der Waals surface area contributed by atoms with Gasteiger partial charge in [-0.1, -0.05) is 0 Å². The third kappa shape index (κ3) is 156. The first-order chi connectivity index (χ1) is 1.73. The Hall–Kier alpha value is 1.39. The molecule has 0 aromatic heterocycles. The van der Waals surface area contributed by atoms with Crippen LogP contribution in [0, 0.1) is 0 Å². The monoisotopic (exact) mass is 144 g/mol. The Kier molecular flexibility index (Phi) is 102. The van der Waals surface area contributed by atoms with Gasteiger partial charge in [0.05, 0.1) is 0 Å². The standard InChI is InChI=1S/C2H4O2.2Na.2H2O.2H/c1-2(3)4;;;;;;/h1H3,(H,3,4);;;2*1H2;;. The van der Waals surface area contributed by atoms with Gasteiger partial charge in [0.1, 0.15) is 0 Å². The fraction of sp³-hybridized carbons (Fsp3) is 0.500. The van der Waals surface area contributed by atoms with E-state index in [4.69, 9.17) is 9.90 Å². The van der Waals surface area contributed by atoms with Crippen molar-refractivity contribution >= 4 is 65.1 Å². The first-order valence-corrected chi connectivity index (χ1v) is 0.928. The number of carboxylic acids is 1. The van der Waals surface area contributed by atoms with Gasteiger partial charge in [-0.2, -0.15) is 0 Å². The van der Waals surface area contributed by atoms with Crippen LogP contribution in [0.5, 0.6) is 0 Å². The fourth-order valence-corrected chi connectivity index (χ4v) is 0. The Labute approximate surface area is 91.8 Å². The van der Waals surface area contributed by atoms with Crippen molar-refractivity contribution in [3.63, 3.8) is 0 Å². The van der Waals surface area contributed by atoms with Gasteiger partial charge in [-0.25, -0.2) is 0 Å². The maximum absolute atomic E-state index is 9.00. The molecule has 0 amide bonds. The summed E-state index contributed by atoms with van der Waals surface area (Å²) < 4.78 is 0. The molecule has 0 saturated heterocycles. The zero-order chi connectivity index (χ0) is 3.58. The summed E-state index contributed by atoms with van der Waals surface area (Å²) in [6, 6.07) is 0. The summed E-state index contributed by atoms with van der Waals surface area (Å²) >= 11 is 0. The molecule has 4 nitrogen and oxygen atoms in total. The van der Waals surface area contributed by atoms with Crippen LogP contribution in [-0.4, -0.2) is 81.1 Å². The molecule has 0 fully saturated rings. The van der Waals surface area contributed by atoms with E-state index in [-0.39, 0.29) is 70.1 Å². The van der Waals surface area contributed by atoms with Crippen molar-refractivity contribution in [2.24, 2.45) is 0 Å². The predicted octanol–water partition coefficient (Wildman–Crippen LogP) is -2.86.